The molecule has 0 unspecified atom stereocenters. The SMILES string of the molecule is CCCN(C1CC1)S(=O)(=O)N1CCC(CO)CC1. The van der Waals surface area contributed by atoms with Gasteiger partial charge in [0.1, 0.15) is 0 Å². The van der Waals surface area contributed by atoms with Crippen LogP contribution in [0.2, 0.25) is 0 Å². The summed E-state index contributed by atoms with van der Waals surface area (Å²) in [7, 11) is -3.27. The molecule has 0 amide bonds. The molecular formula is C12H24N2O3S. The molecule has 0 aromatic carbocycles. The Hall–Kier alpha value is -0.170. The molecule has 5 nitrogen and oxygen atoms in total. The molecule has 0 atom stereocenters. The monoisotopic (exact) mass is 276 g/mol. The Morgan fingerprint density at radius 3 is 2.28 bits per heavy atom. The van der Waals surface area contributed by atoms with Gasteiger partial charge in [0.25, 0.3) is 10.2 Å². The van der Waals surface area contributed by atoms with Crippen molar-refractivity contribution < 1.29 is 13.5 Å². The fraction of sp³-hybridized carbons (Fsp3) is 1.00. The molecule has 2 aliphatic rings. The Morgan fingerprint density at radius 1 is 1.22 bits per heavy atom. The first-order valence-electron chi connectivity index (χ1n) is 6.97. The van der Waals surface area contributed by atoms with E-state index in [0.29, 0.717) is 19.6 Å². The Kier molecular flexibility index (Phi) is 4.64. The van der Waals surface area contributed by atoms with E-state index in [1.807, 2.05) is 6.92 Å². The first-order valence-corrected chi connectivity index (χ1v) is 8.37. The van der Waals surface area contributed by atoms with E-state index in [1.165, 1.54) is 0 Å². The summed E-state index contributed by atoms with van der Waals surface area (Å²) in [5.74, 6) is 0.275. The van der Waals surface area contributed by atoms with Gasteiger partial charge >= 0.3 is 0 Å². The highest BCUT2D eigenvalue weighted by molar-refractivity contribution is 7.86. The minimum atomic E-state index is -3.27. The number of hydrogen-bond acceptors (Lipinski definition) is 3. The van der Waals surface area contributed by atoms with Gasteiger partial charge in [0.2, 0.25) is 0 Å². The molecule has 0 radical (unpaired) electrons. The van der Waals surface area contributed by atoms with Crippen molar-refractivity contribution >= 4 is 10.2 Å². The van der Waals surface area contributed by atoms with Crippen LogP contribution in [0.15, 0.2) is 0 Å². The molecule has 2 fully saturated rings. The third-order valence-corrected chi connectivity index (χ3v) is 5.94. The number of aliphatic hydroxyl groups is 1. The average molecular weight is 276 g/mol. The standard InChI is InChI=1S/C12H24N2O3S/c1-2-7-14(12-3-4-12)18(16,17)13-8-5-11(10-15)6-9-13/h11-12,15H,2-10H2,1H3. The Bertz CT molecular complexity index is 360. The Labute approximate surface area is 110 Å². The van der Waals surface area contributed by atoms with Gasteiger partial charge in [-0.15, -0.1) is 0 Å². The van der Waals surface area contributed by atoms with E-state index in [4.69, 9.17) is 5.11 Å². The van der Waals surface area contributed by atoms with Gasteiger partial charge in [-0.2, -0.15) is 17.0 Å². The molecule has 0 aromatic heterocycles. The molecule has 1 aliphatic heterocycles. The first kappa shape index (κ1) is 14.2. The van der Waals surface area contributed by atoms with Crippen molar-refractivity contribution in [3.63, 3.8) is 0 Å². The second-order valence-corrected chi connectivity index (χ2v) is 7.26. The van der Waals surface area contributed by atoms with E-state index in [2.05, 4.69) is 0 Å². The number of nitrogens with zero attached hydrogens (tertiary/aromatic N) is 2. The maximum absolute atomic E-state index is 12.5. The molecule has 2 rings (SSSR count). The highest BCUT2D eigenvalue weighted by Gasteiger charge is 2.40. The molecule has 1 heterocycles. The highest BCUT2D eigenvalue weighted by Crippen LogP contribution is 2.32. The Balaban J connectivity index is 2.01. The van der Waals surface area contributed by atoms with Gasteiger partial charge in [-0.05, 0) is 38.0 Å². The lowest BCUT2D eigenvalue weighted by molar-refractivity contribution is 0.165. The van der Waals surface area contributed by atoms with E-state index in [1.54, 1.807) is 8.61 Å². The zero-order chi connectivity index (χ0) is 13.2. The van der Waals surface area contributed by atoms with Gasteiger partial charge in [-0.1, -0.05) is 6.92 Å². The molecule has 0 bridgehead atoms. The zero-order valence-electron chi connectivity index (χ0n) is 11.1. The number of rotatable bonds is 6. The molecule has 18 heavy (non-hydrogen) atoms. The fourth-order valence-electron chi connectivity index (χ4n) is 2.54. The van der Waals surface area contributed by atoms with Crippen molar-refractivity contribution in [2.45, 2.75) is 45.1 Å². The molecule has 1 N–H and O–H groups in total. The molecule has 0 aromatic rings. The summed E-state index contributed by atoms with van der Waals surface area (Å²) in [4.78, 5) is 0. The molecule has 0 spiro atoms. The number of aliphatic hydroxyl groups excluding tert-OH is 1. The Morgan fingerprint density at radius 2 is 1.83 bits per heavy atom. The average Bonchev–Trinajstić information content (AvgIpc) is 3.20. The van der Waals surface area contributed by atoms with E-state index in [9.17, 15) is 8.42 Å². The summed E-state index contributed by atoms with van der Waals surface area (Å²) in [6.07, 6.45) is 4.43. The predicted molar refractivity (Wildman–Crippen MR) is 70.3 cm³/mol. The largest absolute Gasteiger partial charge is 0.396 e. The maximum atomic E-state index is 12.5. The van der Waals surface area contributed by atoms with Crippen LogP contribution in [0.1, 0.15) is 39.0 Å². The molecule has 106 valence electrons. The minimum Gasteiger partial charge on any atom is -0.396 e. The van der Waals surface area contributed by atoms with E-state index in [0.717, 1.165) is 32.1 Å². The van der Waals surface area contributed by atoms with Crippen molar-refractivity contribution in [2.75, 3.05) is 26.2 Å². The lowest BCUT2D eigenvalue weighted by Gasteiger charge is -2.34. The van der Waals surface area contributed by atoms with Gasteiger partial charge in [-0.3, -0.25) is 0 Å². The van der Waals surface area contributed by atoms with Crippen molar-refractivity contribution in [2.24, 2.45) is 5.92 Å². The summed E-state index contributed by atoms with van der Waals surface area (Å²) in [6, 6.07) is 0.241. The smallest absolute Gasteiger partial charge is 0.282 e. The van der Waals surface area contributed by atoms with Crippen LogP contribution in [-0.2, 0) is 10.2 Å². The van der Waals surface area contributed by atoms with Crippen LogP contribution >= 0.6 is 0 Å². The summed E-state index contributed by atoms with van der Waals surface area (Å²) >= 11 is 0. The number of hydrogen-bond donors (Lipinski definition) is 1. The summed E-state index contributed by atoms with van der Waals surface area (Å²) < 4.78 is 28.4. The third-order valence-electron chi connectivity index (χ3n) is 3.85. The third kappa shape index (κ3) is 3.04. The lowest BCUT2D eigenvalue weighted by Crippen LogP contribution is -2.48. The van der Waals surface area contributed by atoms with Crippen LogP contribution in [0.4, 0.5) is 0 Å². The molecule has 1 saturated carbocycles. The van der Waals surface area contributed by atoms with E-state index >= 15 is 0 Å². The van der Waals surface area contributed by atoms with Crippen molar-refractivity contribution in [1.82, 2.24) is 8.61 Å². The van der Waals surface area contributed by atoms with Crippen LogP contribution in [-0.4, -0.2) is 54.4 Å². The number of piperidine rings is 1. The molecule has 6 heteroatoms. The summed E-state index contributed by atoms with van der Waals surface area (Å²) in [5, 5.41) is 9.09. The zero-order valence-corrected chi connectivity index (χ0v) is 11.9. The van der Waals surface area contributed by atoms with Crippen molar-refractivity contribution in [3.05, 3.63) is 0 Å². The van der Waals surface area contributed by atoms with E-state index in [-0.39, 0.29) is 18.6 Å². The van der Waals surface area contributed by atoms with Crippen LogP contribution in [0.5, 0.6) is 0 Å². The van der Waals surface area contributed by atoms with Crippen molar-refractivity contribution in [3.8, 4) is 0 Å². The van der Waals surface area contributed by atoms with Gasteiger partial charge in [0, 0.05) is 32.3 Å². The summed E-state index contributed by atoms with van der Waals surface area (Å²) in [5.41, 5.74) is 0. The molecular weight excluding hydrogens is 252 g/mol. The normalized spacial score (nSPS) is 23.7. The fourth-order valence-corrected chi connectivity index (χ4v) is 4.51. The summed E-state index contributed by atoms with van der Waals surface area (Å²) in [6.45, 7) is 3.94. The molecule has 1 aliphatic carbocycles. The van der Waals surface area contributed by atoms with Crippen LogP contribution in [0.25, 0.3) is 0 Å². The maximum Gasteiger partial charge on any atom is 0.282 e. The van der Waals surface area contributed by atoms with Gasteiger partial charge in [-0.25, -0.2) is 0 Å². The van der Waals surface area contributed by atoms with Crippen LogP contribution < -0.4 is 0 Å². The second-order valence-electron chi connectivity index (χ2n) is 5.37. The topological polar surface area (TPSA) is 60.9 Å². The predicted octanol–water partition coefficient (Wildman–Crippen LogP) is 0.810. The highest BCUT2D eigenvalue weighted by atomic mass is 32.2. The minimum absolute atomic E-state index is 0.176. The van der Waals surface area contributed by atoms with Gasteiger partial charge in [0.05, 0.1) is 0 Å². The van der Waals surface area contributed by atoms with Crippen LogP contribution in [0, 0.1) is 5.92 Å². The van der Waals surface area contributed by atoms with Gasteiger partial charge in [0.15, 0.2) is 0 Å². The van der Waals surface area contributed by atoms with Gasteiger partial charge < -0.3 is 5.11 Å². The van der Waals surface area contributed by atoms with Crippen molar-refractivity contribution in [1.29, 1.82) is 0 Å². The lowest BCUT2D eigenvalue weighted by atomic mass is 10.00. The molecule has 1 saturated heterocycles. The quantitative estimate of drug-likeness (QED) is 0.781. The van der Waals surface area contributed by atoms with E-state index < -0.39 is 10.2 Å². The van der Waals surface area contributed by atoms with Crippen LogP contribution in [0.3, 0.4) is 0 Å². The second kappa shape index (κ2) is 5.86. The first-order chi connectivity index (χ1) is 8.59.